The molecule has 1 amide bonds. The Hall–Kier alpha value is -2.77. The third-order valence-electron chi connectivity index (χ3n) is 4.64. The molecule has 0 fully saturated rings. The number of thiazole rings is 1. The average Bonchev–Trinajstić information content (AvgIpc) is 3.32. The van der Waals surface area contributed by atoms with Crippen molar-refractivity contribution in [1.29, 1.82) is 0 Å². The SMILES string of the molecule is CC(=O)Oc1cc2c(c3ccccc13)C(CCl)CN2C(=O)c1ncc(C=O)s1. The van der Waals surface area contributed by atoms with Gasteiger partial charge in [0.1, 0.15) is 5.75 Å². The highest BCUT2D eigenvalue weighted by Gasteiger charge is 2.36. The molecule has 0 spiro atoms. The van der Waals surface area contributed by atoms with E-state index in [2.05, 4.69) is 4.98 Å². The van der Waals surface area contributed by atoms with E-state index in [-0.39, 0.29) is 16.8 Å². The minimum atomic E-state index is -0.439. The van der Waals surface area contributed by atoms with E-state index in [1.54, 1.807) is 11.0 Å². The van der Waals surface area contributed by atoms with E-state index in [9.17, 15) is 14.4 Å². The van der Waals surface area contributed by atoms with Crippen molar-refractivity contribution in [1.82, 2.24) is 4.98 Å². The minimum Gasteiger partial charge on any atom is -0.426 e. The van der Waals surface area contributed by atoms with Crippen LogP contribution < -0.4 is 9.64 Å². The number of benzene rings is 2. The van der Waals surface area contributed by atoms with Crippen LogP contribution in [0.3, 0.4) is 0 Å². The summed E-state index contributed by atoms with van der Waals surface area (Å²) in [6.07, 6.45) is 2.05. The number of carbonyl (C=O) groups is 3. The summed E-state index contributed by atoms with van der Waals surface area (Å²) in [4.78, 5) is 41.6. The molecule has 8 heteroatoms. The largest absolute Gasteiger partial charge is 0.426 e. The second kappa shape index (κ2) is 7.33. The van der Waals surface area contributed by atoms with Crippen LogP contribution in [0, 0.1) is 0 Å². The Bertz CT molecular complexity index is 1110. The Balaban J connectivity index is 1.88. The summed E-state index contributed by atoms with van der Waals surface area (Å²) in [5.41, 5.74) is 1.59. The van der Waals surface area contributed by atoms with Crippen LogP contribution >= 0.6 is 22.9 Å². The maximum atomic E-state index is 13.1. The Labute approximate surface area is 169 Å². The molecule has 0 N–H and O–H groups in total. The lowest BCUT2D eigenvalue weighted by atomic mass is 9.95. The zero-order valence-electron chi connectivity index (χ0n) is 14.8. The number of esters is 1. The maximum Gasteiger partial charge on any atom is 0.308 e. The zero-order valence-corrected chi connectivity index (χ0v) is 16.4. The normalized spacial score (nSPS) is 15.5. The van der Waals surface area contributed by atoms with Crippen LogP contribution in [-0.4, -0.2) is 35.6 Å². The van der Waals surface area contributed by atoms with Crippen molar-refractivity contribution < 1.29 is 19.1 Å². The molecule has 1 atom stereocenters. The van der Waals surface area contributed by atoms with Crippen LogP contribution in [0.25, 0.3) is 10.8 Å². The highest BCUT2D eigenvalue weighted by atomic mass is 35.5. The lowest BCUT2D eigenvalue weighted by Gasteiger charge is -2.18. The number of fused-ring (bicyclic) bond motifs is 3. The number of rotatable bonds is 4. The molecule has 1 aliphatic rings. The highest BCUT2D eigenvalue weighted by Crippen LogP contribution is 2.46. The third kappa shape index (κ3) is 3.06. The predicted octanol–water partition coefficient (Wildman–Crippen LogP) is 4.02. The molecular weight excluding hydrogens is 400 g/mol. The van der Waals surface area contributed by atoms with Crippen LogP contribution in [-0.2, 0) is 4.79 Å². The van der Waals surface area contributed by atoms with E-state index < -0.39 is 5.97 Å². The average molecular weight is 415 g/mol. The van der Waals surface area contributed by atoms with Crippen molar-refractivity contribution in [3.05, 3.63) is 52.0 Å². The summed E-state index contributed by atoms with van der Waals surface area (Å²) >= 11 is 7.26. The fourth-order valence-corrected chi connectivity index (χ4v) is 4.46. The van der Waals surface area contributed by atoms with E-state index in [1.807, 2.05) is 24.3 Å². The Morgan fingerprint density at radius 3 is 2.75 bits per heavy atom. The van der Waals surface area contributed by atoms with Gasteiger partial charge in [0.2, 0.25) is 0 Å². The molecule has 0 radical (unpaired) electrons. The number of hydrogen-bond donors (Lipinski definition) is 0. The van der Waals surface area contributed by atoms with Crippen molar-refractivity contribution in [3.8, 4) is 5.75 Å². The van der Waals surface area contributed by atoms with Gasteiger partial charge in [-0.1, -0.05) is 24.3 Å². The Morgan fingerprint density at radius 2 is 2.11 bits per heavy atom. The minimum absolute atomic E-state index is 0.0672. The van der Waals surface area contributed by atoms with E-state index in [4.69, 9.17) is 16.3 Å². The molecule has 0 saturated carbocycles. The van der Waals surface area contributed by atoms with Crippen molar-refractivity contribution >= 4 is 57.6 Å². The van der Waals surface area contributed by atoms with Gasteiger partial charge in [0.25, 0.3) is 5.91 Å². The predicted molar refractivity (Wildman–Crippen MR) is 108 cm³/mol. The first kappa shape index (κ1) is 18.6. The van der Waals surface area contributed by atoms with Gasteiger partial charge in [-0.15, -0.1) is 22.9 Å². The summed E-state index contributed by atoms with van der Waals surface area (Å²) in [7, 11) is 0. The second-order valence-electron chi connectivity index (χ2n) is 6.40. The number of anilines is 1. The van der Waals surface area contributed by atoms with E-state index >= 15 is 0 Å². The van der Waals surface area contributed by atoms with Gasteiger partial charge in [-0.3, -0.25) is 14.4 Å². The van der Waals surface area contributed by atoms with Gasteiger partial charge in [0, 0.05) is 42.9 Å². The number of alkyl halides is 1. The van der Waals surface area contributed by atoms with Gasteiger partial charge < -0.3 is 9.64 Å². The Morgan fingerprint density at radius 1 is 1.36 bits per heavy atom. The van der Waals surface area contributed by atoms with Gasteiger partial charge in [-0.05, 0) is 10.9 Å². The summed E-state index contributed by atoms with van der Waals surface area (Å²) in [6, 6.07) is 9.28. The smallest absolute Gasteiger partial charge is 0.308 e. The molecule has 6 nitrogen and oxygen atoms in total. The van der Waals surface area contributed by atoms with Crippen LogP contribution in [0.15, 0.2) is 36.5 Å². The summed E-state index contributed by atoms with van der Waals surface area (Å²) in [6.45, 7) is 1.73. The molecule has 142 valence electrons. The number of aldehydes is 1. The zero-order chi connectivity index (χ0) is 19.8. The van der Waals surface area contributed by atoms with Gasteiger partial charge in [0.05, 0.1) is 10.6 Å². The van der Waals surface area contributed by atoms with E-state index in [0.717, 1.165) is 27.7 Å². The topological polar surface area (TPSA) is 76.6 Å². The fraction of sp³-hybridized carbons (Fsp3) is 0.200. The molecule has 1 unspecified atom stereocenters. The molecule has 28 heavy (non-hydrogen) atoms. The van der Waals surface area contributed by atoms with E-state index in [0.29, 0.717) is 35.0 Å². The number of hydrogen-bond acceptors (Lipinski definition) is 6. The third-order valence-corrected chi connectivity index (χ3v) is 5.92. The lowest BCUT2D eigenvalue weighted by Crippen LogP contribution is -2.30. The van der Waals surface area contributed by atoms with Crippen molar-refractivity contribution in [2.75, 3.05) is 17.3 Å². The van der Waals surface area contributed by atoms with Gasteiger partial charge in [-0.2, -0.15) is 0 Å². The fourth-order valence-electron chi connectivity index (χ4n) is 3.53. The number of amides is 1. The number of aromatic nitrogens is 1. The van der Waals surface area contributed by atoms with Crippen molar-refractivity contribution in [2.24, 2.45) is 0 Å². The lowest BCUT2D eigenvalue weighted by molar-refractivity contribution is -0.131. The molecule has 2 heterocycles. The summed E-state index contributed by atoms with van der Waals surface area (Å²) < 4.78 is 5.41. The van der Waals surface area contributed by atoms with Gasteiger partial charge in [-0.25, -0.2) is 4.98 Å². The summed E-state index contributed by atoms with van der Waals surface area (Å²) in [5.74, 6) is -0.0862. The van der Waals surface area contributed by atoms with Crippen molar-refractivity contribution in [3.63, 3.8) is 0 Å². The van der Waals surface area contributed by atoms with E-state index in [1.165, 1.54) is 13.1 Å². The maximum absolute atomic E-state index is 13.1. The molecule has 1 aromatic heterocycles. The molecule has 0 saturated heterocycles. The first-order valence-electron chi connectivity index (χ1n) is 8.56. The van der Waals surface area contributed by atoms with Gasteiger partial charge >= 0.3 is 5.97 Å². The Kier molecular flexibility index (Phi) is 4.87. The summed E-state index contributed by atoms with van der Waals surface area (Å²) in [5, 5.41) is 1.91. The second-order valence-corrected chi connectivity index (χ2v) is 7.77. The van der Waals surface area contributed by atoms with Crippen LogP contribution in [0.2, 0.25) is 0 Å². The molecule has 3 aromatic rings. The number of halogens is 1. The van der Waals surface area contributed by atoms with Crippen LogP contribution in [0.4, 0.5) is 5.69 Å². The monoisotopic (exact) mass is 414 g/mol. The quantitative estimate of drug-likeness (QED) is 0.279. The molecule has 2 aromatic carbocycles. The molecule has 1 aliphatic heterocycles. The van der Waals surface area contributed by atoms with Gasteiger partial charge in [0.15, 0.2) is 11.3 Å². The first-order valence-corrected chi connectivity index (χ1v) is 9.91. The molecular formula is C20H15ClN2O4S. The molecule has 0 aliphatic carbocycles. The number of carbonyl (C=O) groups excluding carboxylic acids is 3. The first-order chi connectivity index (χ1) is 13.5. The van der Waals surface area contributed by atoms with Crippen molar-refractivity contribution in [2.45, 2.75) is 12.8 Å². The molecule has 4 rings (SSSR count). The number of nitrogens with zero attached hydrogens (tertiary/aromatic N) is 2. The highest BCUT2D eigenvalue weighted by molar-refractivity contribution is 7.15. The standard InChI is InChI=1S/C20H15ClN2O4S/c1-11(25)27-17-6-16-18(15-5-3-2-4-14(15)17)12(7-21)9-23(16)20(26)19-22-8-13(10-24)28-19/h2-6,8,10,12H,7,9H2,1H3. The number of ether oxygens (including phenoxy) is 1. The van der Waals surface area contributed by atoms with Crippen LogP contribution in [0.1, 0.15) is 37.9 Å². The van der Waals surface area contributed by atoms with Crippen LogP contribution in [0.5, 0.6) is 5.75 Å². The molecule has 0 bridgehead atoms.